The maximum absolute atomic E-state index is 11.9. The summed E-state index contributed by atoms with van der Waals surface area (Å²) in [6.07, 6.45) is 2.57. The van der Waals surface area contributed by atoms with Gasteiger partial charge in [0.05, 0.1) is 0 Å². The summed E-state index contributed by atoms with van der Waals surface area (Å²) in [5.74, 6) is 0.753. The quantitative estimate of drug-likeness (QED) is 0.846. The number of amides is 1. The minimum Gasteiger partial charge on any atom is -0.352 e. The lowest BCUT2D eigenvalue weighted by molar-refractivity contribution is -0.124. The van der Waals surface area contributed by atoms with E-state index in [0.717, 1.165) is 12.5 Å². The SMILES string of the molecule is CC1CCN(Cc2ccccc2CNC(=O)C(C)CN)CC1. The fourth-order valence-corrected chi connectivity index (χ4v) is 2.81. The molecular formula is C18H29N3O. The number of nitrogens with one attached hydrogen (secondary N) is 1. The molecule has 1 amide bonds. The van der Waals surface area contributed by atoms with E-state index in [9.17, 15) is 4.79 Å². The highest BCUT2D eigenvalue weighted by molar-refractivity contribution is 5.78. The Balaban J connectivity index is 1.93. The van der Waals surface area contributed by atoms with E-state index in [0.29, 0.717) is 13.1 Å². The fraction of sp³-hybridized carbons (Fsp3) is 0.611. The van der Waals surface area contributed by atoms with E-state index in [-0.39, 0.29) is 11.8 Å². The van der Waals surface area contributed by atoms with E-state index >= 15 is 0 Å². The average Bonchev–Trinajstić information content (AvgIpc) is 2.55. The van der Waals surface area contributed by atoms with Crippen LogP contribution in [0.3, 0.4) is 0 Å². The number of piperidine rings is 1. The molecule has 0 aliphatic carbocycles. The van der Waals surface area contributed by atoms with Crippen molar-refractivity contribution in [2.75, 3.05) is 19.6 Å². The van der Waals surface area contributed by atoms with Crippen LogP contribution in [0.4, 0.5) is 0 Å². The predicted molar refractivity (Wildman–Crippen MR) is 90.2 cm³/mol. The van der Waals surface area contributed by atoms with Crippen LogP contribution < -0.4 is 11.1 Å². The van der Waals surface area contributed by atoms with Gasteiger partial charge in [0, 0.05) is 25.6 Å². The van der Waals surface area contributed by atoms with Crippen LogP contribution >= 0.6 is 0 Å². The van der Waals surface area contributed by atoms with Gasteiger partial charge in [0.25, 0.3) is 0 Å². The summed E-state index contributed by atoms with van der Waals surface area (Å²) in [4.78, 5) is 14.4. The van der Waals surface area contributed by atoms with Crippen LogP contribution in [0, 0.1) is 11.8 Å². The Hall–Kier alpha value is -1.39. The Kier molecular flexibility index (Phi) is 6.40. The van der Waals surface area contributed by atoms with Crippen LogP contribution in [0.5, 0.6) is 0 Å². The van der Waals surface area contributed by atoms with Gasteiger partial charge >= 0.3 is 0 Å². The summed E-state index contributed by atoms with van der Waals surface area (Å²) in [5, 5.41) is 3.00. The molecule has 3 N–H and O–H groups in total. The van der Waals surface area contributed by atoms with Gasteiger partial charge in [-0.1, -0.05) is 38.1 Å². The van der Waals surface area contributed by atoms with Gasteiger partial charge in [-0.3, -0.25) is 9.69 Å². The fourth-order valence-electron chi connectivity index (χ4n) is 2.81. The largest absolute Gasteiger partial charge is 0.352 e. The van der Waals surface area contributed by atoms with Crippen molar-refractivity contribution in [1.82, 2.24) is 10.2 Å². The molecule has 2 rings (SSSR count). The summed E-state index contributed by atoms with van der Waals surface area (Å²) < 4.78 is 0. The van der Waals surface area contributed by atoms with E-state index < -0.39 is 0 Å². The third-order valence-electron chi connectivity index (χ3n) is 4.64. The number of carbonyl (C=O) groups excluding carboxylic acids is 1. The summed E-state index contributed by atoms with van der Waals surface area (Å²) in [7, 11) is 0. The molecule has 1 saturated heterocycles. The molecular weight excluding hydrogens is 274 g/mol. The molecule has 1 aliphatic heterocycles. The Labute approximate surface area is 134 Å². The van der Waals surface area contributed by atoms with Crippen LogP contribution in [0.1, 0.15) is 37.8 Å². The monoisotopic (exact) mass is 303 g/mol. The van der Waals surface area contributed by atoms with E-state index in [1.165, 1.54) is 37.1 Å². The predicted octanol–water partition coefficient (Wildman–Crippen LogP) is 2.13. The standard InChI is InChI=1S/C18H29N3O/c1-14-7-9-21(10-8-14)13-17-6-4-3-5-16(17)12-20-18(22)15(2)11-19/h3-6,14-15H,7-13,19H2,1-2H3,(H,20,22). The van der Waals surface area contributed by atoms with Gasteiger partial charge in [-0.25, -0.2) is 0 Å². The summed E-state index contributed by atoms with van der Waals surface area (Å²) >= 11 is 0. The highest BCUT2D eigenvalue weighted by Crippen LogP contribution is 2.19. The number of carbonyl (C=O) groups is 1. The van der Waals surface area contributed by atoms with Crippen molar-refractivity contribution in [2.45, 2.75) is 39.8 Å². The molecule has 1 aromatic rings. The van der Waals surface area contributed by atoms with Gasteiger partial charge in [-0.2, -0.15) is 0 Å². The zero-order valence-corrected chi connectivity index (χ0v) is 13.8. The first-order chi connectivity index (χ1) is 10.6. The lowest BCUT2D eigenvalue weighted by Gasteiger charge is -2.30. The normalized spacial score (nSPS) is 18.1. The second kappa shape index (κ2) is 8.30. The van der Waals surface area contributed by atoms with E-state index in [4.69, 9.17) is 5.73 Å². The molecule has 1 atom stereocenters. The molecule has 4 heteroatoms. The topological polar surface area (TPSA) is 58.4 Å². The van der Waals surface area contributed by atoms with Crippen molar-refractivity contribution >= 4 is 5.91 Å². The molecule has 1 unspecified atom stereocenters. The molecule has 0 bridgehead atoms. The number of hydrogen-bond acceptors (Lipinski definition) is 3. The zero-order valence-electron chi connectivity index (χ0n) is 13.8. The second-order valence-electron chi connectivity index (χ2n) is 6.58. The van der Waals surface area contributed by atoms with Crippen LogP contribution in [0.25, 0.3) is 0 Å². The van der Waals surface area contributed by atoms with Crippen molar-refractivity contribution in [3.8, 4) is 0 Å². The highest BCUT2D eigenvalue weighted by atomic mass is 16.1. The average molecular weight is 303 g/mol. The van der Waals surface area contributed by atoms with Crippen molar-refractivity contribution in [3.63, 3.8) is 0 Å². The van der Waals surface area contributed by atoms with Crippen molar-refractivity contribution in [1.29, 1.82) is 0 Å². The zero-order chi connectivity index (χ0) is 15.9. The van der Waals surface area contributed by atoms with Crippen molar-refractivity contribution in [2.24, 2.45) is 17.6 Å². The number of likely N-dealkylation sites (tertiary alicyclic amines) is 1. The van der Waals surface area contributed by atoms with E-state index in [2.05, 4.69) is 35.3 Å². The molecule has 22 heavy (non-hydrogen) atoms. The molecule has 0 saturated carbocycles. The number of benzene rings is 1. The molecule has 1 fully saturated rings. The minimum atomic E-state index is -0.129. The highest BCUT2D eigenvalue weighted by Gasteiger charge is 2.17. The van der Waals surface area contributed by atoms with Crippen LogP contribution in [-0.2, 0) is 17.9 Å². The smallest absolute Gasteiger partial charge is 0.224 e. The second-order valence-corrected chi connectivity index (χ2v) is 6.58. The van der Waals surface area contributed by atoms with Gasteiger partial charge < -0.3 is 11.1 Å². The molecule has 0 radical (unpaired) electrons. The minimum absolute atomic E-state index is 0.0316. The number of hydrogen-bond donors (Lipinski definition) is 2. The van der Waals surface area contributed by atoms with Crippen molar-refractivity contribution in [3.05, 3.63) is 35.4 Å². The van der Waals surface area contributed by atoms with Crippen LogP contribution in [0.2, 0.25) is 0 Å². The van der Waals surface area contributed by atoms with Crippen LogP contribution in [0.15, 0.2) is 24.3 Å². The molecule has 1 heterocycles. The Morgan fingerprint density at radius 1 is 1.32 bits per heavy atom. The Morgan fingerprint density at radius 2 is 1.95 bits per heavy atom. The molecule has 1 aliphatic rings. The van der Waals surface area contributed by atoms with Gasteiger partial charge in [-0.05, 0) is 43.0 Å². The van der Waals surface area contributed by atoms with Crippen LogP contribution in [-0.4, -0.2) is 30.4 Å². The third-order valence-corrected chi connectivity index (χ3v) is 4.64. The first-order valence-corrected chi connectivity index (χ1v) is 8.37. The Bertz CT molecular complexity index is 481. The third kappa shape index (κ3) is 4.82. The molecule has 1 aromatic carbocycles. The molecule has 0 aromatic heterocycles. The summed E-state index contributed by atoms with van der Waals surface area (Å²) in [5.41, 5.74) is 8.06. The maximum atomic E-state index is 11.9. The van der Waals surface area contributed by atoms with E-state index in [1.807, 2.05) is 13.0 Å². The first kappa shape index (κ1) is 17.0. The van der Waals surface area contributed by atoms with Gasteiger partial charge in [0.15, 0.2) is 0 Å². The number of nitrogens with two attached hydrogens (primary N) is 1. The lowest BCUT2D eigenvalue weighted by Crippen LogP contribution is -2.34. The molecule has 4 nitrogen and oxygen atoms in total. The summed E-state index contributed by atoms with van der Waals surface area (Å²) in [6, 6.07) is 8.40. The van der Waals surface area contributed by atoms with Crippen molar-refractivity contribution < 1.29 is 4.79 Å². The van der Waals surface area contributed by atoms with Gasteiger partial charge in [0.1, 0.15) is 0 Å². The number of rotatable bonds is 6. The Morgan fingerprint density at radius 3 is 2.59 bits per heavy atom. The molecule has 122 valence electrons. The van der Waals surface area contributed by atoms with Gasteiger partial charge in [0.2, 0.25) is 5.91 Å². The first-order valence-electron chi connectivity index (χ1n) is 8.37. The lowest BCUT2D eigenvalue weighted by atomic mass is 9.98. The number of nitrogens with zero attached hydrogens (tertiary/aromatic N) is 1. The maximum Gasteiger partial charge on any atom is 0.224 e. The summed E-state index contributed by atoms with van der Waals surface area (Å²) in [6.45, 7) is 8.49. The van der Waals surface area contributed by atoms with E-state index in [1.54, 1.807) is 0 Å². The van der Waals surface area contributed by atoms with Gasteiger partial charge in [-0.15, -0.1) is 0 Å². The molecule has 0 spiro atoms.